The zero-order chi connectivity index (χ0) is 20.8. The number of aromatic nitrogens is 2. The highest BCUT2D eigenvalue weighted by Gasteiger charge is 2.11. The SMILES string of the molecule is COc1ccc(OC)c(Nc2ccc(C(=O)Nc3ccc(C(C)C)cc3)nn2)c1. The van der Waals surface area contributed by atoms with E-state index >= 15 is 0 Å². The van der Waals surface area contributed by atoms with E-state index in [2.05, 4.69) is 34.7 Å². The van der Waals surface area contributed by atoms with Crippen LogP contribution in [0.4, 0.5) is 17.2 Å². The van der Waals surface area contributed by atoms with Crippen LogP contribution in [0, 0.1) is 0 Å². The summed E-state index contributed by atoms with van der Waals surface area (Å²) >= 11 is 0. The first-order valence-electron chi connectivity index (χ1n) is 9.24. The van der Waals surface area contributed by atoms with Crippen LogP contribution in [-0.4, -0.2) is 30.3 Å². The van der Waals surface area contributed by atoms with Crippen molar-refractivity contribution >= 4 is 23.1 Å². The molecule has 7 nitrogen and oxygen atoms in total. The lowest BCUT2D eigenvalue weighted by molar-refractivity contribution is 0.102. The fourth-order valence-electron chi connectivity index (χ4n) is 2.72. The Kier molecular flexibility index (Phi) is 6.29. The van der Waals surface area contributed by atoms with Crippen molar-refractivity contribution in [3.8, 4) is 11.5 Å². The van der Waals surface area contributed by atoms with E-state index in [-0.39, 0.29) is 11.6 Å². The van der Waals surface area contributed by atoms with Gasteiger partial charge in [0.05, 0.1) is 19.9 Å². The molecule has 0 aliphatic heterocycles. The molecule has 0 saturated heterocycles. The van der Waals surface area contributed by atoms with Crippen LogP contribution >= 0.6 is 0 Å². The Morgan fingerprint density at radius 1 is 0.931 bits per heavy atom. The zero-order valence-corrected chi connectivity index (χ0v) is 16.9. The summed E-state index contributed by atoms with van der Waals surface area (Å²) in [6.45, 7) is 4.25. The smallest absolute Gasteiger partial charge is 0.276 e. The van der Waals surface area contributed by atoms with E-state index in [1.165, 1.54) is 5.56 Å². The van der Waals surface area contributed by atoms with Crippen LogP contribution < -0.4 is 20.1 Å². The van der Waals surface area contributed by atoms with Crippen LogP contribution in [0.25, 0.3) is 0 Å². The molecule has 0 unspecified atom stereocenters. The Labute approximate surface area is 170 Å². The average Bonchev–Trinajstić information content (AvgIpc) is 2.74. The Balaban J connectivity index is 1.69. The number of methoxy groups -OCH3 is 2. The summed E-state index contributed by atoms with van der Waals surface area (Å²) < 4.78 is 10.6. The molecule has 0 aliphatic rings. The number of rotatable bonds is 7. The van der Waals surface area contributed by atoms with Crippen molar-refractivity contribution in [3.05, 3.63) is 65.9 Å². The van der Waals surface area contributed by atoms with Crippen LogP contribution in [0.15, 0.2) is 54.6 Å². The molecule has 3 aromatic rings. The van der Waals surface area contributed by atoms with Gasteiger partial charge < -0.3 is 20.1 Å². The monoisotopic (exact) mass is 392 g/mol. The Morgan fingerprint density at radius 2 is 1.69 bits per heavy atom. The van der Waals surface area contributed by atoms with Crippen molar-refractivity contribution in [2.24, 2.45) is 0 Å². The van der Waals surface area contributed by atoms with Gasteiger partial charge in [-0.2, -0.15) is 0 Å². The van der Waals surface area contributed by atoms with E-state index < -0.39 is 0 Å². The predicted molar refractivity (Wildman–Crippen MR) is 113 cm³/mol. The van der Waals surface area contributed by atoms with Crippen LogP contribution in [-0.2, 0) is 0 Å². The van der Waals surface area contributed by atoms with E-state index in [0.717, 1.165) is 0 Å². The summed E-state index contributed by atoms with van der Waals surface area (Å²) in [4.78, 5) is 12.4. The summed E-state index contributed by atoms with van der Waals surface area (Å²) in [6, 6.07) is 16.4. The summed E-state index contributed by atoms with van der Waals surface area (Å²) in [5, 5.41) is 14.1. The van der Waals surface area contributed by atoms with Gasteiger partial charge in [0, 0.05) is 11.8 Å². The van der Waals surface area contributed by atoms with Crippen molar-refractivity contribution in [2.45, 2.75) is 19.8 Å². The van der Waals surface area contributed by atoms with Gasteiger partial charge in [0.15, 0.2) is 11.5 Å². The predicted octanol–water partition coefficient (Wildman–Crippen LogP) is 4.61. The number of carbonyl (C=O) groups is 1. The molecule has 7 heteroatoms. The largest absolute Gasteiger partial charge is 0.497 e. The number of anilines is 3. The Bertz CT molecular complexity index is 970. The molecule has 0 aliphatic carbocycles. The molecule has 0 radical (unpaired) electrons. The fraction of sp³-hybridized carbons (Fsp3) is 0.227. The van der Waals surface area contributed by atoms with E-state index in [1.807, 2.05) is 24.3 Å². The molecular formula is C22H24N4O3. The third kappa shape index (κ3) is 5.01. The molecule has 0 atom stereocenters. The number of hydrogen-bond donors (Lipinski definition) is 2. The van der Waals surface area contributed by atoms with Gasteiger partial charge in [0.25, 0.3) is 5.91 Å². The Hall–Kier alpha value is -3.61. The van der Waals surface area contributed by atoms with E-state index in [4.69, 9.17) is 9.47 Å². The highest BCUT2D eigenvalue weighted by Crippen LogP contribution is 2.30. The second kappa shape index (κ2) is 9.05. The zero-order valence-electron chi connectivity index (χ0n) is 16.9. The second-order valence-corrected chi connectivity index (χ2v) is 6.73. The molecule has 3 rings (SSSR count). The lowest BCUT2D eigenvalue weighted by Gasteiger charge is -2.12. The van der Waals surface area contributed by atoms with Crippen LogP contribution in [0.3, 0.4) is 0 Å². The topological polar surface area (TPSA) is 85.4 Å². The standard InChI is InChI=1S/C22H24N4O3/c1-14(2)15-5-7-16(8-6-15)23-22(27)18-10-12-21(26-25-18)24-19-13-17(28-3)9-11-20(19)29-4/h5-14H,1-4H3,(H,23,27)(H,24,26). The summed E-state index contributed by atoms with van der Waals surface area (Å²) in [6.07, 6.45) is 0. The number of ether oxygens (including phenoxy) is 2. The third-order valence-electron chi connectivity index (χ3n) is 4.40. The maximum Gasteiger partial charge on any atom is 0.276 e. The molecule has 0 spiro atoms. The van der Waals surface area contributed by atoms with E-state index in [9.17, 15) is 4.79 Å². The van der Waals surface area contributed by atoms with Crippen LogP contribution in [0.1, 0.15) is 35.8 Å². The number of nitrogens with one attached hydrogen (secondary N) is 2. The maximum absolute atomic E-state index is 12.4. The van der Waals surface area contributed by atoms with E-state index in [0.29, 0.717) is 34.6 Å². The minimum atomic E-state index is -0.319. The molecule has 150 valence electrons. The van der Waals surface area contributed by atoms with Crippen LogP contribution in [0.2, 0.25) is 0 Å². The summed E-state index contributed by atoms with van der Waals surface area (Å²) in [7, 11) is 3.18. The highest BCUT2D eigenvalue weighted by molar-refractivity contribution is 6.02. The van der Waals surface area contributed by atoms with Gasteiger partial charge in [-0.1, -0.05) is 26.0 Å². The quantitative estimate of drug-likeness (QED) is 0.611. The maximum atomic E-state index is 12.4. The lowest BCUT2D eigenvalue weighted by Crippen LogP contribution is -2.14. The van der Waals surface area contributed by atoms with Gasteiger partial charge in [0.2, 0.25) is 0 Å². The molecule has 2 aromatic carbocycles. The molecular weight excluding hydrogens is 368 g/mol. The molecule has 1 amide bonds. The minimum absolute atomic E-state index is 0.223. The molecule has 0 fully saturated rings. The first-order valence-corrected chi connectivity index (χ1v) is 9.24. The van der Waals surface area contributed by atoms with E-state index in [1.54, 1.807) is 44.6 Å². The number of nitrogens with zero attached hydrogens (tertiary/aromatic N) is 2. The van der Waals surface area contributed by atoms with Crippen molar-refractivity contribution in [1.82, 2.24) is 10.2 Å². The second-order valence-electron chi connectivity index (χ2n) is 6.73. The van der Waals surface area contributed by atoms with Gasteiger partial charge in [0.1, 0.15) is 11.5 Å². The van der Waals surface area contributed by atoms with Gasteiger partial charge >= 0.3 is 0 Å². The molecule has 1 heterocycles. The van der Waals surface area contributed by atoms with Crippen molar-refractivity contribution in [3.63, 3.8) is 0 Å². The summed E-state index contributed by atoms with van der Waals surface area (Å²) in [5.41, 5.74) is 2.83. The lowest BCUT2D eigenvalue weighted by atomic mass is 10.0. The van der Waals surface area contributed by atoms with Crippen molar-refractivity contribution < 1.29 is 14.3 Å². The molecule has 29 heavy (non-hydrogen) atoms. The van der Waals surface area contributed by atoms with Gasteiger partial charge in [-0.3, -0.25) is 4.79 Å². The summed E-state index contributed by atoms with van der Waals surface area (Å²) in [5.74, 6) is 1.92. The van der Waals surface area contributed by atoms with Gasteiger partial charge in [-0.25, -0.2) is 0 Å². The molecule has 0 bridgehead atoms. The minimum Gasteiger partial charge on any atom is -0.497 e. The van der Waals surface area contributed by atoms with Crippen molar-refractivity contribution in [2.75, 3.05) is 24.9 Å². The molecule has 2 N–H and O–H groups in total. The number of carbonyl (C=O) groups excluding carboxylic acids is 1. The van der Waals surface area contributed by atoms with Gasteiger partial charge in [-0.15, -0.1) is 10.2 Å². The number of hydrogen-bond acceptors (Lipinski definition) is 6. The Morgan fingerprint density at radius 3 is 2.28 bits per heavy atom. The van der Waals surface area contributed by atoms with Crippen molar-refractivity contribution in [1.29, 1.82) is 0 Å². The number of amides is 1. The third-order valence-corrected chi connectivity index (χ3v) is 4.40. The highest BCUT2D eigenvalue weighted by atomic mass is 16.5. The average molecular weight is 392 g/mol. The van der Waals surface area contributed by atoms with Gasteiger partial charge in [-0.05, 0) is 47.9 Å². The van der Waals surface area contributed by atoms with Crippen LogP contribution in [0.5, 0.6) is 11.5 Å². The normalized spacial score (nSPS) is 10.5. The first kappa shape index (κ1) is 20.1. The first-order chi connectivity index (χ1) is 14.0. The fourth-order valence-corrected chi connectivity index (χ4v) is 2.72. The molecule has 1 aromatic heterocycles. The number of benzene rings is 2. The molecule has 0 saturated carbocycles.